The summed E-state index contributed by atoms with van der Waals surface area (Å²) in [6.45, 7) is 0.525. The Bertz CT molecular complexity index is 957. The molecular weight excluding hydrogens is 308 g/mol. The summed E-state index contributed by atoms with van der Waals surface area (Å²) in [4.78, 5) is 22.6. The number of amides is 1. The van der Waals surface area contributed by atoms with Crippen molar-refractivity contribution >= 4 is 11.9 Å². The highest BCUT2D eigenvalue weighted by Crippen LogP contribution is 2.30. The summed E-state index contributed by atoms with van der Waals surface area (Å²) in [5.74, 6) is -1.39. The molecule has 118 valence electrons. The summed E-state index contributed by atoms with van der Waals surface area (Å²) in [5, 5.41) is 15.5. The van der Waals surface area contributed by atoms with Gasteiger partial charge in [-0.3, -0.25) is 4.79 Å². The summed E-state index contributed by atoms with van der Waals surface area (Å²) in [7, 11) is 0. The van der Waals surface area contributed by atoms with Gasteiger partial charge in [-0.25, -0.2) is 4.79 Å². The van der Waals surface area contributed by atoms with E-state index in [0.29, 0.717) is 17.8 Å². The quantitative estimate of drug-likeness (QED) is 0.774. The molecule has 2 aromatic carbocycles. The van der Waals surface area contributed by atoms with Gasteiger partial charge >= 0.3 is 5.97 Å². The fourth-order valence-electron chi connectivity index (χ4n) is 2.86. The van der Waals surface area contributed by atoms with Crippen LogP contribution in [-0.4, -0.2) is 22.1 Å². The minimum Gasteiger partial charge on any atom is -0.475 e. The number of carbonyl (C=O) groups is 2. The molecule has 0 radical (unpaired) electrons. The molecule has 0 saturated carbocycles. The molecule has 6 heteroatoms. The largest absolute Gasteiger partial charge is 0.475 e. The van der Waals surface area contributed by atoms with Crippen LogP contribution in [0.3, 0.4) is 0 Å². The molecule has 1 aliphatic rings. The summed E-state index contributed by atoms with van der Waals surface area (Å²) < 4.78 is 4.77. The predicted octanol–water partition coefficient (Wildman–Crippen LogP) is 2.95. The zero-order valence-electron chi connectivity index (χ0n) is 12.4. The Morgan fingerprint density at radius 2 is 1.79 bits per heavy atom. The second-order valence-electron chi connectivity index (χ2n) is 5.47. The van der Waals surface area contributed by atoms with Crippen molar-refractivity contribution in [2.75, 3.05) is 0 Å². The van der Waals surface area contributed by atoms with Crippen molar-refractivity contribution in [2.45, 2.75) is 6.54 Å². The van der Waals surface area contributed by atoms with E-state index >= 15 is 0 Å². The van der Waals surface area contributed by atoms with Gasteiger partial charge in [-0.2, -0.15) is 0 Å². The smallest absolute Gasteiger partial charge is 0.374 e. The Morgan fingerprint density at radius 1 is 1.08 bits per heavy atom. The van der Waals surface area contributed by atoms with E-state index in [1.165, 1.54) is 6.07 Å². The third-order valence-electron chi connectivity index (χ3n) is 4.06. The van der Waals surface area contributed by atoms with Gasteiger partial charge in [-0.15, -0.1) is 0 Å². The van der Waals surface area contributed by atoms with Crippen LogP contribution < -0.4 is 5.32 Å². The molecule has 1 aliphatic heterocycles. The number of hydrogen-bond donors (Lipinski definition) is 2. The zero-order chi connectivity index (χ0) is 16.7. The number of carboxylic acid groups (broad SMARTS) is 1. The molecule has 0 bridgehead atoms. The normalized spacial score (nSPS) is 12.8. The number of aromatic nitrogens is 1. The lowest BCUT2D eigenvalue weighted by Crippen LogP contribution is -2.12. The van der Waals surface area contributed by atoms with Crippen LogP contribution in [0.5, 0.6) is 0 Å². The van der Waals surface area contributed by atoms with Gasteiger partial charge in [0.05, 0.1) is 0 Å². The molecule has 0 fully saturated rings. The second-order valence-corrected chi connectivity index (χ2v) is 5.47. The molecule has 2 heterocycles. The van der Waals surface area contributed by atoms with Crippen LogP contribution in [0.25, 0.3) is 22.4 Å². The van der Waals surface area contributed by atoms with Gasteiger partial charge in [0.15, 0.2) is 0 Å². The molecule has 3 aromatic rings. The van der Waals surface area contributed by atoms with Crippen LogP contribution >= 0.6 is 0 Å². The number of benzene rings is 2. The Labute approximate surface area is 136 Å². The van der Waals surface area contributed by atoms with Gasteiger partial charge in [0.25, 0.3) is 5.91 Å². The monoisotopic (exact) mass is 320 g/mol. The van der Waals surface area contributed by atoms with E-state index in [4.69, 9.17) is 9.63 Å². The first-order valence-electron chi connectivity index (χ1n) is 7.34. The molecule has 0 aliphatic carbocycles. The summed E-state index contributed by atoms with van der Waals surface area (Å²) in [5.41, 5.74) is 4.91. The number of aromatic carboxylic acids is 1. The number of hydrogen-bond acceptors (Lipinski definition) is 4. The number of carbonyl (C=O) groups excluding carboxylic acids is 1. The zero-order valence-corrected chi connectivity index (χ0v) is 12.4. The van der Waals surface area contributed by atoms with Crippen molar-refractivity contribution < 1.29 is 19.2 Å². The Balaban J connectivity index is 1.70. The minimum absolute atomic E-state index is 0.0488. The third kappa shape index (κ3) is 2.25. The number of carboxylic acids is 1. The van der Waals surface area contributed by atoms with Gasteiger partial charge in [0.1, 0.15) is 5.69 Å². The van der Waals surface area contributed by atoms with E-state index in [1.54, 1.807) is 0 Å². The van der Waals surface area contributed by atoms with E-state index in [2.05, 4.69) is 10.5 Å². The maximum Gasteiger partial charge on any atom is 0.374 e. The molecule has 0 atom stereocenters. The van der Waals surface area contributed by atoms with Crippen molar-refractivity contribution in [3.05, 3.63) is 65.4 Å². The maximum atomic E-state index is 11.8. The van der Waals surface area contributed by atoms with Gasteiger partial charge in [0, 0.05) is 23.7 Å². The van der Waals surface area contributed by atoms with Gasteiger partial charge < -0.3 is 14.9 Å². The molecule has 0 unspecified atom stereocenters. The van der Waals surface area contributed by atoms with Crippen LogP contribution in [0.1, 0.15) is 26.5 Å². The molecular formula is C18H12N2O4. The molecule has 0 saturated heterocycles. The van der Waals surface area contributed by atoms with Gasteiger partial charge in [0.2, 0.25) is 5.76 Å². The molecule has 4 rings (SSSR count). The Kier molecular flexibility index (Phi) is 3.16. The SMILES string of the molecule is O=C(O)c1cc(-c2ccc(-c3cccc4c3CNC4=O)cc2)no1. The second kappa shape index (κ2) is 5.34. The fraction of sp³-hybridized carbons (Fsp3) is 0.0556. The van der Waals surface area contributed by atoms with Crippen molar-refractivity contribution in [3.63, 3.8) is 0 Å². The summed E-state index contributed by atoms with van der Waals surface area (Å²) in [6.07, 6.45) is 0. The topological polar surface area (TPSA) is 92.4 Å². The first-order valence-corrected chi connectivity index (χ1v) is 7.34. The van der Waals surface area contributed by atoms with E-state index < -0.39 is 5.97 Å². The van der Waals surface area contributed by atoms with Crippen LogP contribution in [-0.2, 0) is 6.54 Å². The van der Waals surface area contributed by atoms with Crippen LogP contribution in [0, 0.1) is 0 Å². The third-order valence-corrected chi connectivity index (χ3v) is 4.06. The van der Waals surface area contributed by atoms with Crippen molar-refractivity contribution in [3.8, 4) is 22.4 Å². The standard InChI is InChI=1S/C18H12N2O4/c21-17-13-3-1-2-12(14(13)9-19-17)10-4-6-11(7-5-10)15-8-16(18(22)23)24-20-15/h1-8H,9H2,(H,19,21)(H,22,23). The maximum absolute atomic E-state index is 11.8. The lowest BCUT2D eigenvalue weighted by Gasteiger charge is -2.07. The van der Waals surface area contributed by atoms with Crippen LogP contribution in [0.15, 0.2) is 53.1 Å². The number of nitrogens with zero attached hydrogens (tertiary/aromatic N) is 1. The van der Waals surface area contributed by atoms with Gasteiger partial charge in [-0.1, -0.05) is 41.6 Å². The molecule has 6 nitrogen and oxygen atoms in total. The molecule has 2 N–H and O–H groups in total. The Morgan fingerprint density at radius 3 is 2.50 bits per heavy atom. The van der Waals surface area contributed by atoms with E-state index in [0.717, 1.165) is 22.3 Å². The van der Waals surface area contributed by atoms with Crippen molar-refractivity contribution in [2.24, 2.45) is 0 Å². The fourth-order valence-corrected chi connectivity index (χ4v) is 2.86. The van der Waals surface area contributed by atoms with E-state index in [9.17, 15) is 9.59 Å². The first kappa shape index (κ1) is 14.2. The minimum atomic E-state index is -1.15. The lowest BCUT2D eigenvalue weighted by molar-refractivity contribution is 0.0652. The van der Waals surface area contributed by atoms with Crippen LogP contribution in [0.2, 0.25) is 0 Å². The van der Waals surface area contributed by atoms with Crippen LogP contribution in [0.4, 0.5) is 0 Å². The first-order chi connectivity index (χ1) is 11.6. The highest BCUT2D eigenvalue weighted by atomic mass is 16.5. The van der Waals surface area contributed by atoms with Crippen molar-refractivity contribution in [1.82, 2.24) is 10.5 Å². The summed E-state index contributed by atoms with van der Waals surface area (Å²) in [6, 6.07) is 14.6. The molecule has 1 aromatic heterocycles. The Hall–Kier alpha value is -3.41. The highest BCUT2D eigenvalue weighted by molar-refractivity contribution is 6.00. The van der Waals surface area contributed by atoms with E-state index in [-0.39, 0.29) is 11.7 Å². The molecule has 24 heavy (non-hydrogen) atoms. The number of rotatable bonds is 3. The summed E-state index contributed by atoms with van der Waals surface area (Å²) >= 11 is 0. The van der Waals surface area contributed by atoms with Crippen molar-refractivity contribution in [1.29, 1.82) is 0 Å². The average molecular weight is 320 g/mol. The number of fused-ring (bicyclic) bond motifs is 1. The molecule has 0 spiro atoms. The average Bonchev–Trinajstić information content (AvgIpc) is 3.23. The number of nitrogens with one attached hydrogen (secondary N) is 1. The predicted molar refractivity (Wildman–Crippen MR) is 85.5 cm³/mol. The molecule has 1 amide bonds. The van der Waals surface area contributed by atoms with E-state index in [1.807, 2.05) is 42.5 Å². The van der Waals surface area contributed by atoms with Gasteiger partial charge in [-0.05, 0) is 22.8 Å². The lowest BCUT2D eigenvalue weighted by atomic mass is 9.96. The highest BCUT2D eigenvalue weighted by Gasteiger charge is 2.21.